The highest BCUT2D eigenvalue weighted by atomic mass is 19.1. The quantitative estimate of drug-likeness (QED) is 0.844. The number of hydrogen-bond donors (Lipinski definition) is 1. The average molecular weight is 220 g/mol. The van der Waals surface area contributed by atoms with Crippen LogP contribution in [0.15, 0.2) is 30.1 Å². The highest BCUT2D eigenvalue weighted by Crippen LogP contribution is 2.17. The Bertz CT molecular complexity index is 435. The highest BCUT2D eigenvalue weighted by molar-refractivity contribution is 5.41. The molecule has 16 heavy (non-hydrogen) atoms. The maximum atomic E-state index is 12.2. The van der Waals surface area contributed by atoms with Gasteiger partial charge in [0.25, 0.3) is 0 Å². The van der Waals surface area contributed by atoms with E-state index in [2.05, 4.69) is 6.07 Å². The fourth-order valence-corrected chi connectivity index (χ4v) is 1.16. The molecule has 0 fully saturated rings. The summed E-state index contributed by atoms with van der Waals surface area (Å²) in [6, 6.07) is 7.15. The van der Waals surface area contributed by atoms with Crippen molar-refractivity contribution < 1.29 is 9.13 Å². The molecule has 0 aliphatic rings. The summed E-state index contributed by atoms with van der Waals surface area (Å²) in [6.45, 7) is 2.07. The van der Waals surface area contributed by atoms with E-state index in [1.807, 2.05) is 6.92 Å². The molecule has 84 valence electrons. The molecule has 0 spiro atoms. The van der Waals surface area contributed by atoms with Crippen LogP contribution in [0.25, 0.3) is 0 Å². The van der Waals surface area contributed by atoms with Gasteiger partial charge in [-0.25, -0.2) is 4.39 Å². The second kappa shape index (κ2) is 5.89. The molecule has 0 saturated heterocycles. The monoisotopic (exact) mass is 220 g/mol. The van der Waals surface area contributed by atoms with Gasteiger partial charge in [-0.2, -0.15) is 5.26 Å². The Morgan fingerprint density at radius 1 is 1.62 bits per heavy atom. The maximum Gasteiger partial charge on any atom is 0.120 e. The van der Waals surface area contributed by atoms with Gasteiger partial charge in [0.15, 0.2) is 0 Å². The molecular weight excluding hydrogens is 207 g/mol. The lowest BCUT2D eigenvalue weighted by atomic mass is 10.1. The first-order valence-electron chi connectivity index (χ1n) is 4.83. The zero-order valence-electron chi connectivity index (χ0n) is 9.03. The van der Waals surface area contributed by atoms with Gasteiger partial charge < -0.3 is 10.5 Å². The van der Waals surface area contributed by atoms with Gasteiger partial charge in [0.2, 0.25) is 0 Å². The van der Waals surface area contributed by atoms with Crippen molar-refractivity contribution in [3.8, 4) is 11.8 Å². The first-order valence-corrected chi connectivity index (χ1v) is 4.83. The summed E-state index contributed by atoms with van der Waals surface area (Å²) in [5.74, 6) is 0.601. The summed E-state index contributed by atoms with van der Waals surface area (Å²) in [6.07, 6.45) is 0.455. The van der Waals surface area contributed by atoms with Crippen LogP contribution in [0, 0.1) is 18.3 Å². The molecular formula is C12H13FN2O. The van der Waals surface area contributed by atoms with Gasteiger partial charge in [0, 0.05) is 12.1 Å². The summed E-state index contributed by atoms with van der Waals surface area (Å²) in [7, 11) is 0. The number of ether oxygens (including phenoxy) is 1. The summed E-state index contributed by atoms with van der Waals surface area (Å²) < 4.78 is 17.5. The van der Waals surface area contributed by atoms with Crippen LogP contribution in [0.2, 0.25) is 0 Å². The van der Waals surface area contributed by atoms with Gasteiger partial charge in [-0.1, -0.05) is 0 Å². The number of hydrogen-bond acceptors (Lipinski definition) is 3. The molecule has 0 atom stereocenters. The second-order valence-corrected chi connectivity index (χ2v) is 3.35. The first kappa shape index (κ1) is 12.2. The number of nitrogens with two attached hydrogens (primary N) is 1. The summed E-state index contributed by atoms with van der Waals surface area (Å²) in [4.78, 5) is 0. The van der Waals surface area contributed by atoms with Crippen LogP contribution < -0.4 is 10.5 Å². The van der Waals surface area contributed by atoms with Gasteiger partial charge in [-0.3, -0.25) is 0 Å². The maximum absolute atomic E-state index is 12.2. The summed E-state index contributed by atoms with van der Waals surface area (Å²) in [5.41, 5.74) is 7.12. The average Bonchev–Trinajstić information content (AvgIpc) is 2.30. The minimum Gasteiger partial charge on any atom is -0.489 e. The fraction of sp³-hybridized carbons (Fsp3) is 0.250. The lowest BCUT2D eigenvalue weighted by molar-refractivity contribution is 0.347. The smallest absolute Gasteiger partial charge is 0.120 e. The van der Waals surface area contributed by atoms with E-state index >= 15 is 0 Å². The second-order valence-electron chi connectivity index (χ2n) is 3.35. The van der Waals surface area contributed by atoms with Crippen LogP contribution in [-0.2, 0) is 0 Å². The molecule has 0 aromatic heterocycles. The predicted octanol–water partition coefficient (Wildman–Crippen LogP) is 2.06. The fourth-order valence-electron chi connectivity index (χ4n) is 1.16. The van der Waals surface area contributed by atoms with E-state index in [0.29, 0.717) is 23.2 Å². The molecule has 0 amide bonds. The topological polar surface area (TPSA) is 59.0 Å². The van der Waals surface area contributed by atoms with E-state index in [4.69, 9.17) is 15.7 Å². The zero-order valence-corrected chi connectivity index (χ0v) is 9.03. The van der Waals surface area contributed by atoms with Crippen LogP contribution >= 0.6 is 0 Å². The van der Waals surface area contributed by atoms with Crippen LogP contribution in [0.3, 0.4) is 0 Å². The minimum absolute atomic E-state index is 0.123. The molecule has 0 aliphatic carbocycles. The van der Waals surface area contributed by atoms with Gasteiger partial charge in [-0.05, 0) is 30.7 Å². The van der Waals surface area contributed by atoms with Gasteiger partial charge >= 0.3 is 0 Å². The molecule has 0 saturated carbocycles. The Balaban J connectivity index is 2.70. The Morgan fingerprint density at radius 3 is 2.88 bits per heavy atom. The molecule has 1 aromatic rings. The van der Waals surface area contributed by atoms with E-state index in [9.17, 15) is 4.39 Å². The first-order chi connectivity index (χ1) is 7.71. The van der Waals surface area contributed by atoms with Crippen LogP contribution in [-0.4, -0.2) is 13.2 Å². The van der Waals surface area contributed by atoms with Crippen LogP contribution in [0.4, 0.5) is 4.39 Å². The van der Waals surface area contributed by atoms with Crippen LogP contribution in [0.5, 0.6) is 5.75 Å². The molecule has 1 rings (SSSR count). The van der Waals surface area contributed by atoms with Crippen molar-refractivity contribution in [1.82, 2.24) is 0 Å². The number of nitriles is 1. The Labute approximate surface area is 93.9 Å². The molecule has 3 nitrogen and oxygen atoms in total. The summed E-state index contributed by atoms with van der Waals surface area (Å²) in [5, 5.41) is 8.74. The van der Waals surface area contributed by atoms with Crippen molar-refractivity contribution >= 4 is 0 Å². The SMILES string of the molecule is Cc1cc(OC/C(=C/F)CN)ccc1C#N. The van der Waals surface area contributed by atoms with Gasteiger partial charge in [-0.15, -0.1) is 0 Å². The van der Waals surface area contributed by atoms with Crippen LogP contribution in [0.1, 0.15) is 11.1 Å². The van der Waals surface area contributed by atoms with E-state index < -0.39 is 0 Å². The Morgan fingerprint density at radius 2 is 2.38 bits per heavy atom. The van der Waals surface area contributed by atoms with E-state index in [0.717, 1.165) is 5.56 Å². The van der Waals surface area contributed by atoms with Gasteiger partial charge in [0.05, 0.1) is 18.0 Å². The number of benzene rings is 1. The highest BCUT2D eigenvalue weighted by Gasteiger charge is 2.01. The largest absolute Gasteiger partial charge is 0.489 e. The van der Waals surface area contributed by atoms with Crippen molar-refractivity contribution in [2.45, 2.75) is 6.92 Å². The third-order valence-corrected chi connectivity index (χ3v) is 2.16. The van der Waals surface area contributed by atoms with Crippen molar-refractivity contribution in [2.24, 2.45) is 5.73 Å². The molecule has 0 unspecified atom stereocenters. The van der Waals surface area contributed by atoms with E-state index in [-0.39, 0.29) is 13.2 Å². The molecule has 0 radical (unpaired) electrons. The number of nitrogens with zero attached hydrogens (tertiary/aromatic N) is 1. The standard InChI is InChI=1S/C12H13FN2O/c1-9-4-12(3-2-11(9)7-15)16-8-10(5-13)6-14/h2-5H,6,8,14H2,1H3/b10-5+. The minimum atomic E-state index is 0.123. The molecule has 2 N–H and O–H groups in total. The van der Waals surface area contributed by atoms with E-state index in [1.54, 1.807) is 18.2 Å². The molecule has 4 heteroatoms. The number of rotatable bonds is 4. The zero-order chi connectivity index (χ0) is 12.0. The van der Waals surface area contributed by atoms with Crippen molar-refractivity contribution in [2.75, 3.05) is 13.2 Å². The Hall–Kier alpha value is -1.86. The lowest BCUT2D eigenvalue weighted by Gasteiger charge is -2.08. The molecule has 0 aliphatic heterocycles. The van der Waals surface area contributed by atoms with Crippen molar-refractivity contribution in [3.05, 3.63) is 41.2 Å². The number of aryl methyl sites for hydroxylation is 1. The van der Waals surface area contributed by atoms with E-state index in [1.165, 1.54) is 0 Å². The van der Waals surface area contributed by atoms with Gasteiger partial charge in [0.1, 0.15) is 12.4 Å². The van der Waals surface area contributed by atoms with Crippen molar-refractivity contribution in [1.29, 1.82) is 5.26 Å². The molecule has 1 aromatic carbocycles. The normalized spacial score (nSPS) is 11.0. The number of halogens is 1. The Kier molecular flexibility index (Phi) is 4.49. The molecule has 0 bridgehead atoms. The predicted molar refractivity (Wildman–Crippen MR) is 59.6 cm³/mol. The lowest BCUT2D eigenvalue weighted by Crippen LogP contribution is -2.10. The third kappa shape index (κ3) is 3.07. The summed E-state index contributed by atoms with van der Waals surface area (Å²) >= 11 is 0. The van der Waals surface area contributed by atoms with Crippen molar-refractivity contribution in [3.63, 3.8) is 0 Å². The third-order valence-electron chi connectivity index (χ3n) is 2.16. The molecule has 0 heterocycles.